The molecule has 0 radical (unpaired) electrons. The zero-order valence-corrected chi connectivity index (χ0v) is 14.9. The summed E-state index contributed by atoms with van der Waals surface area (Å²) in [6, 6.07) is 8.28. The zero-order valence-electron chi connectivity index (χ0n) is 14.2. The third-order valence-electron chi connectivity index (χ3n) is 4.23. The maximum Gasteiger partial charge on any atom is 0.226 e. The largest absolute Gasteiger partial charge is 0.484 e. The maximum absolute atomic E-state index is 6.07. The number of hydrogen-bond acceptors (Lipinski definition) is 5. The number of nitrogens with zero attached hydrogens (tertiary/aromatic N) is 2. The lowest BCUT2D eigenvalue weighted by Crippen LogP contribution is -2.41. The molecule has 130 valence electrons. The summed E-state index contributed by atoms with van der Waals surface area (Å²) in [5.41, 5.74) is 2.22. The highest BCUT2D eigenvalue weighted by Crippen LogP contribution is 2.37. The number of benzene rings is 1. The molecule has 1 aromatic carbocycles. The Morgan fingerprint density at radius 1 is 1.28 bits per heavy atom. The van der Waals surface area contributed by atoms with Crippen molar-refractivity contribution in [1.82, 2.24) is 15.0 Å². The molecular weight excluding hydrogens is 338 g/mol. The average Bonchev–Trinajstić information content (AvgIpc) is 2.97. The average molecular weight is 358 g/mol. The van der Waals surface area contributed by atoms with Gasteiger partial charge in [-0.05, 0) is 43.5 Å². The van der Waals surface area contributed by atoms with Gasteiger partial charge >= 0.3 is 0 Å². The lowest BCUT2D eigenvalue weighted by atomic mass is 10.1. The van der Waals surface area contributed by atoms with Crippen LogP contribution in [0.4, 0.5) is 11.6 Å². The molecule has 1 aliphatic heterocycles. The van der Waals surface area contributed by atoms with Crippen LogP contribution in [0.3, 0.4) is 0 Å². The normalized spacial score (nSPS) is 15.3. The van der Waals surface area contributed by atoms with Crippen LogP contribution >= 0.6 is 11.6 Å². The summed E-state index contributed by atoms with van der Waals surface area (Å²) in [5.74, 6) is 1.88. The molecule has 0 spiro atoms. The number of halogens is 1. The number of nitrogens with one attached hydrogen (secondary N) is 3. The number of hydrogen-bond donors (Lipinski definition) is 3. The fourth-order valence-electron chi connectivity index (χ4n) is 3.03. The second kappa shape index (κ2) is 6.11. The molecule has 0 aliphatic carbocycles. The van der Waals surface area contributed by atoms with Gasteiger partial charge in [0.05, 0.1) is 5.54 Å². The second-order valence-corrected chi connectivity index (χ2v) is 7.19. The number of para-hydroxylation sites is 1. The zero-order chi connectivity index (χ0) is 17.4. The highest BCUT2D eigenvalue weighted by atomic mass is 35.5. The molecule has 4 rings (SSSR count). The predicted molar refractivity (Wildman–Crippen MR) is 101 cm³/mol. The predicted octanol–water partition coefficient (Wildman–Crippen LogP) is 3.85. The Morgan fingerprint density at radius 2 is 2.12 bits per heavy atom. The van der Waals surface area contributed by atoms with E-state index in [0.717, 1.165) is 11.9 Å². The number of fused-ring (bicyclic) bond motifs is 2. The van der Waals surface area contributed by atoms with Crippen molar-refractivity contribution in [1.29, 1.82) is 0 Å². The summed E-state index contributed by atoms with van der Waals surface area (Å²) in [5, 5.41) is 8.11. The lowest BCUT2D eigenvalue weighted by Gasteiger charge is -2.33. The Morgan fingerprint density at radius 3 is 3.00 bits per heavy atom. The van der Waals surface area contributed by atoms with Crippen molar-refractivity contribution < 1.29 is 4.74 Å². The van der Waals surface area contributed by atoms with E-state index in [-0.39, 0.29) is 10.8 Å². The van der Waals surface area contributed by atoms with E-state index in [2.05, 4.69) is 63.8 Å². The Labute approximate surface area is 151 Å². The van der Waals surface area contributed by atoms with Crippen molar-refractivity contribution in [3.05, 3.63) is 41.3 Å². The Hall–Kier alpha value is -2.47. The molecule has 7 heteroatoms. The first-order valence-corrected chi connectivity index (χ1v) is 8.67. The van der Waals surface area contributed by atoms with E-state index >= 15 is 0 Å². The molecule has 0 saturated heterocycles. The molecule has 2 aromatic heterocycles. The minimum absolute atomic E-state index is 0.189. The molecule has 0 amide bonds. The summed E-state index contributed by atoms with van der Waals surface area (Å²) in [6.07, 6.45) is 2.91. The third-order valence-corrected chi connectivity index (χ3v) is 4.40. The maximum atomic E-state index is 6.07. The molecule has 0 unspecified atom stereocenters. The van der Waals surface area contributed by atoms with Crippen LogP contribution in [0.15, 0.2) is 30.5 Å². The van der Waals surface area contributed by atoms with E-state index < -0.39 is 0 Å². The number of rotatable bonds is 4. The molecule has 3 N–H and O–H groups in total. The van der Waals surface area contributed by atoms with Crippen molar-refractivity contribution in [2.75, 3.05) is 23.8 Å². The van der Waals surface area contributed by atoms with Crippen LogP contribution in [0.1, 0.15) is 19.4 Å². The topological polar surface area (TPSA) is 74.9 Å². The summed E-state index contributed by atoms with van der Waals surface area (Å²) in [6.45, 7) is 5.36. The Balaban J connectivity index is 1.51. The van der Waals surface area contributed by atoms with Crippen molar-refractivity contribution in [3.63, 3.8) is 0 Å². The van der Waals surface area contributed by atoms with Crippen molar-refractivity contribution in [2.45, 2.75) is 25.8 Å². The molecule has 0 atom stereocenters. The number of H-pyrrole nitrogens is 1. The molecule has 0 bridgehead atoms. The fourth-order valence-corrected chi connectivity index (χ4v) is 3.20. The van der Waals surface area contributed by atoms with E-state index in [1.807, 2.05) is 6.07 Å². The van der Waals surface area contributed by atoms with Crippen LogP contribution in [-0.2, 0) is 6.42 Å². The molecule has 25 heavy (non-hydrogen) atoms. The molecule has 0 fully saturated rings. The van der Waals surface area contributed by atoms with Gasteiger partial charge in [-0.1, -0.05) is 18.2 Å². The van der Waals surface area contributed by atoms with Crippen LogP contribution in [0.2, 0.25) is 5.28 Å². The number of aromatic amines is 1. The monoisotopic (exact) mass is 357 g/mol. The number of ether oxygens (including phenoxy) is 1. The van der Waals surface area contributed by atoms with E-state index in [9.17, 15) is 0 Å². The van der Waals surface area contributed by atoms with E-state index in [4.69, 9.17) is 16.3 Å². The van der Waals surface area contributed by atoms with Crippen molar-refractivity contribution in [2.24, 2.45) is 0 Å². The van der Waals surface area contributed by atoms with Gasteiger partial charge in [0.1, 0.15) is 6.61 Å². The van der Waals surface area contributed by atoms with Crippen LogP contribution in [0.5, 0.6) is 5.75 Å². The van der Waals surface area contributed by atoms with Gasteiger partial charge < -0.3 is 20.4 Å². The van der Waals surface area contributed by atoms with E-state index in [1.54, 1.807) is 0 Å². The minimum atomic E-state index is -0.189. The standard InChI is InChI=1S/C18H20ClN5O/c1-18(2)10-25-14-15(22-17(19)23-16(14)24-18)20-8-7-11-9-21-13-6-4-3-5-12(11)13/h3-6,9,21H,7-8,10H2,1-2H3,(H2,20,22,23,24). The molecule has 6 nitrogen and oxygen atoms in total. The van der Waals surface area contributed by atoms with Crippen LogP contribution in [-0.4, -0.2) is 33.6 Å². The minimum Gasteiger partial charge on any atom is -0.484 e. The van der Waals surface area contributed by atoms with Gasteiger partial charge in [-0.2, -0.15) is 9.97 Å². The van der Waals surface area contributed by atoms with E-state index in [1.165, 1.54) is 10.9 Å². The molecule has 3 aromatic rings. The van der Waals surface area contributed by atoms with Gasteiger partial charge in [-0.3, -0.25) is 0 Å². The molecule has 1 aliphatic rings. The van der Waals surface area contributed by atoms with Gasteiger partial charge in [0.15, 0.2) is 11.6 Å². The first-order valence-electron chi connectivity index (χ1n) is 8.29. The summed E-state index contributed by atoms with van der Waals surface area (Å²) in [7, 11) is 0. The SMILES string of the molecule is CC1(C)COc2c(NCCc3c[nH]c4ccccc34)nc(Cl)nc2N1. The molecule has 0 saturated carbocycles. The number of aromatic nitrogens is 3. The van der Waals surface area contributed by atoms with Crippen LogP contribution < -0.4 is 15.4 Å². The van der Waals surface area contributed by atoms with E-state index in [0.29, 0.717) is 30.5 Å². The summed E-state index contributed by atoms with van der Waals surface area (Å²) >= 11 is 6.07. The first-order chi connectivity index (χ1) is 12.0. The highest BCUT2D eigenvalue weighted by Gasteiger charge is 2.29. The van der Waals surface area contributed by atoms with Crippen molar-refractivity contribution >= 4 is 34.1 Å². The number of anilines is 2. The van der Waals surface area contributed by atoms with Gasteiger partial charge in [0, 0.05) is 23.6 Å². The molecular formula is C18H20ClN5O. The lowest BCUT2D eigenvalue weighted by molar-refractivity contribution is 0.240. The van der Waals surface area contributed by atoms with Crippen LogP contribution in [0, 0.1) is 0 Å². The Bertz CT molecular complexity index is 921. The fraction of sp³-hybridized carbons (Fsp3) is 0.333. The van der Waals surface area contributed by atoms with Crippen LogP contribution in [0.25, 0.3) is 10.9 Å². The highest BCUT2D eigenvalue weighted by molar-refractivity contribution is 6.28. The molecule has 3 heterocycles. The summed E-state index contributed by atoms with van der Waals surface area (Å²) in [4.78, 5) is 11.8. The van der Waals surface area contributed by atoms with Gasteiger partial charge in [-0.15, -0.1) is 0 Å². The van der Waals surface area contributed by atoms with Gasteiger partial charge in [-0.25, -0.2) is 0 Å². The Kier molecular flexibility index (Phi) is 3.92. The first kappa shape index (κ1) is 16.0. The second-order valence-electron chi connectivity index (χ2n) is 6.85. The van der Waals surface area contributed by atoms with Gasteiger partial charge in [0.25, 0.3) is 0 Å². The quantitative estimate of drug-likeness (QED) is 0.618. The third kappa shape index (κ3) is 3.22. The smallest absolute Gasteiger partial charge is 0.226 e. The van der Waals surface area contributed by atoms with Gasteiger partial charge in [0.2, 0.25) is 11.0 Å². The van der Waals surface area contributed by atoms with Crippen molar-refractivity contribution in [3.8, 4) is 5.75 Å². The summed E-state index contributed by atoms with van der Waals surface area (Å²) < 4.78 is 5.87.